The first kappa shape index (κ1) is 19.5. The maximum Gasteiger partial charge on any atom is 0.273 e. The zero-order valence-corrected chi connectivity index (χ0v) is 16.5. The molecule has 1 aliphatic heterocycles. The molecule has 2 aromatic carbocycles. The number of anilines is 1. The van der Waals surface area contributed by atoms with E-state index in [1.807, 2.05) is 36.4 Å². The Morgan fingerprint density at radius 1 is 1.17 bits per heavy atom. The fourth-order valence-corrected chi connectivity index (χ4v) is 3.72. The van der Waals surface area contributed by atoms with Gasteiger partial charge in [-0.1, -0.05) is 55.6 Å². The predicted octanol–water partition coefficient (Wildman–Crippen LogP) is 3.49. The van der Waals surface area contributed by atoms with Gasteiger partial charge in [-0.25, -0.2) is 9.97 Å². The normalized spacial score (nSPS) is 13.4. The molecule has 6 nitrogen and oxygen atoms in total. The number of hydrogen-bond donors (Lipinski definition) is 2. The van der Waals surface area contributed by atoms with Gasteiger partial charge in [0.05, 0.1) is 12.1 Å². The molecular weight excluding hydrogens is 376 g/mol. The minimum absolute atomic E-state index is 0.0527. The molecule has 0 unspecified atom stereocenters. The average Bonchev–Trinajstić information content (AvgIpc) is 3.20. The van der Waals surface area contributed by atoms with Gasteiger partial charge in [0, 0.05) is 18.5 Å². The van der Waals surface area contributed by atoms with Crippen LogP contribution in [0.1, 0.15) is 27.2 Å². The largest absolute Gasteiger partial charge is 0.392 e. The molecule has 0 bridgehead atoms. The molecule has 0 fully saturated rings. The zero-order valence-electron chi connectivity index (χ0n) is 16.5. The van der Waals surface area contributed by atoms with Crippen LogP contribution in [0.3, 0.4) is 0 Å². The van der Waals surface area contributed by atoms with Crippen LogP contribution in [-0.2, 0) is 13.1 Å². The van der Waals surface area contributed by atoms with Crippen molar-refractivity contribution in [2.45, 2.75) is 13.1 Å². The van der Waals surface area contributed by atoms with Gasteiger partial charge in [0.1, 0.15) is 5.69 Å². The second-order valence-electron chi connectivity index (χ2n) is 7.17. The molecule has 2 heterocycles. The van der Waals surface area contributed by atoms with Gasteiger partial charge in [0.2, 0.25) is 5.95 Å². The second kappa shape index (κ2) is 7.93. The van der Waals surface area contributed by atoms with Crippen LogP contribution >= 0.6 is 0 Å². The fraction of sp³-hybridized carbons (Fsp3) is 0.125. The molecule has 1 aromatic heterocycles. The van der Waals surface area contributed by atoms with E-state index in [0.29, 0.717) is 29.6 Å². The van der Waals surface area contributed by atoms with E-state index >= 15 is 0 Å². The minimum Gasteiger partial charge on any atom is -0.392 e. The Balaban J connectivity index is 1.79. The number of amides is 1. The highest BCUT2D eigenvalue weighted by atomic mass is 16.3. The van der Waals surface area contributed by atoms with Crippen molar-refractivity contribution in [2.24, 2.45) is 0 Å². The van der Waals surface area contributed by atoms with E-state index in [0.717, 1.165) is 22.3 Å². The number of fused-ring (bicyclic) bond motifs is 2. The van der Waals surface area contributed by atoms with Crippen LogP contribution in [0.2, 0.25) is 0 Å². The maximum absolute atomic E-state index is 13.4. The minimum atomic E-state index is -0.197. The van der Waals surface area contributed by atoms with Crippen molar-refractivity contribution in [3.8, 4) is 0 Å². The fourth-order valence-electron chi connectivity index (χ4n) is 3.72. The molecule has 0 spiro atoms. The lowest BCUT2D eigenvalue weighted by Gasteiger charge is -2.17. The number of nitrogen functional groups attached to an aromatic ring is 1. The van der Waals surface area contributed by atoms with Crippen LogP contribution in [0, 0.1) is 0 Å². The summed E-state index contributed by atoms with van der Waals surface area (Å²) in [5, 5.41) is 10.1. The number of carbonyl (C=O) groups excluding carboxylic acids is 1. The Labute approximate surface area is 174 Å². The third-order valence-corrected chi connectivity index (χ3v) is 5.21. The second-order valence-corrected chi connectivity index (χ2v) is 7.17. The number of aromatic nitrogens is 2. The van der Waals surface area contributed by atoms with Crippen molar-refractivity contribution in [3.63, 3.8) is 0 Å². The summed E-state index contributed by atoms with van der Waals surface area (Å²) in [6.45, 7) is 8.52. The lowest BCUT2D eigenvalue weighted by atomic mass is 9.97. The highest BCUT2D eigenvalue weighted by molar-refractivity contribution is 6.05. The molecule has 3 N–H and O–H groups in total. The van der Waals surface area contributed by atoms with Gasteiger partial charge in [-0.3, -0.25) is 4.79 Å². The molecule has 0 radical (unpaired) electrons. The smallest absolute Gasteiger partial charge is 0.273 e. The van der Waals surface area contributed by atoms with Crippen LogP contribution < -0.4 is 5.73 Å². The van der Waals surface area contributed by atoms with Crippen LogP contribution in [0.15, 0.2) is 73.3 Å². The van der Waals surface area contributed by atoms with Crippen LogP contribution in [0.5, 0.6) is 0 Å². The Hall–Kier alpha value is -3.77. The summed E-state index contributed by atoms with van der Waals surface area (Å²) >= 11 is 0. The standard InChI is InChI=1S/C24H22N4O2/c1-3-6-19(15(2)14-29)16-9-10-21-20(11-16)22(27-24(25)26-21)23(30)28-12-17-7-4-5-8-18(17)13-28/h3-11,29H,1-2,12-14H2,(H2,25,26,27). The summed E-state index contributed by atoms with van der Waals surface area (Å²) < 4.78 is 0. The molecular formula is C24H22N4O2. The number of hydrogen-bond acceptors (Lipinski definition) is 5. The maximum atomic E-state index is 13.4. The lowest BCUT2D eigenvalue weighted by molar-refractivity contribution is 0.0747. The Kier molecular flexibility index (Phi) is 5.16. The van der Waals surface area contributed by atoms with Crippen LogP contribution in [0.25, 0.3) is 16.5 Å². The summed E-state index contributed by atoms with van der Waals surface area (Å²) in [5.74, 6) is -0.144. The van der Waals surface area contributed by atoms with E-state index in [2.05, 4.69) is 23.1 Å². The Bertz CT molecular complexity index is 1190. The number of aliphatic hydroxyl groups excluding tert-OH is 1. The third-order valence-electron chi connectivity index (χ3n) is 5.21. The summed E-state index contributed by atoms with van der Waals surface area (Å²) in [6.07, 6.45) is 3.41. The SMILES string of the molecule is C=CC=C(C(=C)CO)c1ccc2nc(N)nc(C(=O)N3Cc4ccccc4C3)c2c1. The molecule has 1 amide bonds. The quantitative estimate of drug-likeness (QED) is 0.642. The summed E-state index contributed by atoms with van der Waals surface area (Å²) in [4.78, 5) is 23.7. The first-order valence-corrected chi connectivity index (χ1v) is 9.57. The third kappa shape index (κ3) is 3.49. The van der Waals surface area contributed by atoms with E-state index in [4.69, 9.17) is 5.73 Å². The molecule has 0 saturated heterocycles. The number of nitrogens with two attached hydrogens (primary N) is 1. The van der Waals surface area contributed by atoms with Crippen molar-refractivity contribution < 1.29 is 9.90 Å². The lowest BCUT2D eigenvalue weighted by Crippen LogP contribution is -2.27. The Morgan fingerprint density at radius 2 is 1.87 bits per heavy atom. The molecule has 0 atom stereocenters. The molecule has 0 aliphatic carbocycles. The number of allylic oxidation sites excluding steroid dienone is 2. The van der Waals surface area contributed by atoms with Crippen molar-refractivity contribution in [2.75, 3.05) is 12.3 Å². The van der Waals surface area contributed by atoms with Crippen molar-refractivity contribution >= 4 is 28.3 Å². The van der Waals surface area contributed by atoms with Gasteiger partial charge in [0.25, 0.3) is 5.91 Å². The number of nitrogens with zero attached hydrogens (tertiary/aromatic N) is 3. The van der Waals surface area contributed by atoms with Gasteiger partial charge < -0.3 is 15.7 Å². The number of aliphatic hydroxyl groups is 1. The average molecular weight is 398 g/mol. The van der Waals surface area contributed by atoms with E-state index in [1.165, 1.54) is 0 Å². The predicted molar refractivity (Wildman–Crippen MR) is 118 cm³/mol. The van der Waals surface area contributed by atoms with Gasteiger partial charge in [0.15, 0.2) is 0 Å². The monoisotopic (exact) mass is 398 g/mol. The van der Waals surface area contributed by atoms with Crippen molar-refractivity contribution in [3.05, 3.63) is 95.7 Å². The van der Waals surface area contributed by atoms with Crippen molar-refractivity contribution in [1.29, 1.82) is 0 Å². The number of rotatable bonds is 5. The molecule has 6 heteroatoms. The highest BCUT2D eigenvalue weighted by Crippen LogP contribution is 2.29. The van der Waals surface area contributed by atoms with Gasteiger partial charge >= 0.3 is 0 Å². The molecule has 3 aromatic rings. The molecule has 150 valence electrons. The van der Waals surface area contributed by atoms with E-state index < -0.39 is 0 Å². The molecule has 30 heavy (non-hydrogen) atoms. The Morgan fingerprint density at radius 3 is 2.50 bits per heavy atom. The number of carbonyl (C=O) groups is 1. The summed E-state index contributed by atoms with van der Waals surface area (Å²) in [6, 6.07) is 13.5. The van der Waals surface area contributed by atoms with Gasteiger partial charge in [-0.2, -0.15) is 0 Å². The highest BCUT2D eigenvalue weighted by Gasteiger charge is 2.27. The molecule has 4 rings (SSSR count). The van der Waals surface area contributed by atoms with E-state index in [9.17, 15) is 9.90 Å². The van der Waals surface area contributed by atoms with Crippen molar-refractivity contribution in [1.82, 2.24) is 14.9 Å². The summed E-state index contributed by atoms with van der Waals surface area (Å²) in [5.41, 5.74) is 11.1. The van der Waals surface area contributed by atoms with Gasteiger partial charge in [-0.15, -0.1) is 0 Å². The van der Waals surface area contributed by atoms with Crippen LogP contribution in [0.4, 0.5) is 5.95 Å². The van der Waals surface area contributed by atoms with E-state index in [-0.39, 0.29) is 24.2 Å². The zero-order chi connectivity index (χ0) is 21.3. The van der Waals surface area contributed by atoms with Crippen LogP contribution in [-0.4, -0.2) is 32.5 Å². The molecule has 0 saturated carbocycles. The first-order chi connectivity index (χ1) is 14.5. The first-order valence-electron chi connectivity index (χ1n) is 9.57. The van der Waals surface area contributed by atoms with Gasteiger partial charge in [-0.05, 0) is 40.0 Å². The number of benzene rings is 2. The molecule has 1 aliphatic rings. The summed E-state index contributed by atoms with van der Waals surface area (Å²) in [7, 11) is 0. The topological polar surface area (TPSA) is 92.3 Å². The van der Waals surface area contributed by atoms with E-state index in [1.54, 1.807) is 23.1 Å².